The van der Waals surface area contributed by atoms with Crippen LogP contribution in [0.5, 0.6) is 0 Å². The number of fused-ring (bicyclic) bond motifs is 1. The summed E-state index contributed by atoms with van der Waals surface area (Å²) in [5, 5.41) is 3.94. The van der Waals surface area contributed by atoms with Crippen LogP contribution in [0.3, 0.4) is 0 Å². The summed E-state index contributed by atoms with van der Waals surface area (Å²) in [4.78, 5) is 21.1. The molecule has 0 aliphatic rings. The van der Waals surface area contributed by atoms with E-state index in [1.807, 2.05) is 31.1 Å². The summed E-state index contributed by atoms with van der Waals surface area (Å²) in [5.41, 5.74) is 6.88. The van der Waals surface area contributed by atoms with E-state index in [0.717, 1.165) is 17.4 Å². The summed E-state index contributed by atoms with van der Waals surface area (Å²) in [6.07, 6.45) is 0. The number of amides is 1. The van der Waals surface area contributed by atoms with Gasteiger partial charge in [0.25, 0.3) is 5.91 Å². The number of halogens is 2. The Bertz CT molecular complexity index is 681. The van der Waals surface area contributed by atoms with Gasteiger partial charge >= 0.3 is 0 Å². The Morgan fingerprint density at radius 3 is 2.82 bits per heavy atom. The van der Waals surface area contributed by atoms with E-state index in [-0.39, 0.29) is 24.3 Å². The molecule has 0 saturated heterocycles. The van der Waals surface area contributed by atoms with Gasteiger partial charge in [-0.05, 0) is 32.3 Å². The first-order valence-corrected chi connectivity index (χ1v) is 6.88. The van der Waals surface area contributed by atoms with Crippen LogP contribution in [0.4, 0.5) is 0 Å². The lowest BCUT2D eigenvalue weighted by molar-refractivity contribution is 0.0972. The lowest BCUT2D eigenvalue weighted by Crippen LogP contribution is -2.37. The van der Waals surface area contributed by atoms with Crippen molar-refractivity contribution < 1.29 is 4.79 Å². The van der Waals surface area contributed by atoms with E-state index in [0.29, 0.717) is 17.3 Å². The molecule has 22 heavy (non-hydrogen) atoms. The van der Waals surface area contributed by atoms with Crippen LogP contribution in [0.25, 0.3) is 10.9 Å². The van der Waals surface area contributed by atoms with Crippen LogP contribution in [0.2, 0.25) is 5.02 Å². The number of nitrogens with one attached hydrogen (secondary N) is 2. The molecule has 0 fully saturated rings. The minimum Gasteiger partial charge on any atom is -0.370 e. The number of guanidine groups is 1. The molecule has 2 rings (SSSR count). The number of hydrogen-bond donors (Lipinski definition) is 3. The molecule has 1 amide bonds. The van der Waals surface area contributed by atoms with Crippen LogP contribution < -0.4 is 11.1 Å². The summed E-state index contributed by atoms with van der Waals surface area (Å²) in [6, 6.07) is 7.14. The van der Waals surface area contributed by atoms with E-state index in [2.05, 4.69) is 15.3 Å². The lowest BCUT2D eigenvalue weighted by atomic mass is 10.2. The van der Waals surface area contributed by atoms with Gasteiger partial charge in [0.2, 0.25) is 0 Å². The number of carbonyl (C=O) groups excluding carboxylic acids is 1. The number of aliphatic imine (C=N–C) groups is 1. The SMILES string of the molecule is CN(C)CCN=C(N)NC(=O)c1cc2c(Cl)cccc2[nH]1.Cl. The second-order valence-corrected chi connectivity index (χ2v) is 5.32. The molecule has 4 N–H and O–H groups in total. The summed E-state index contributed by atoms with van der Waals surface area (Å²) in [6.45, 7) is 1.29. The van der Waals surface area contributed by atoms with Gasteiger partial charge in [0.1, 0.15) is 5.69 Å². The predicted octanol–water partition coefficient (Wildman–Crippen LogP) is 1.85. The number of aromatic amines is 1. The van der Waals surface area contributed by atoms with Gasteiger partial charge in [0.05, 0.1) is 6.54 Å². The molecule has 0 unspecified atom stereocenters. The molecule has 0 saturated carbocycles. The Balaban J connectivity index is 0.00000242. The molecule has 6 nitrogen and oxygen atoms in total. The van der Waals surface area contributed by atoms with Crippen molar-refractivity contribution in [2.24, 2.45) is 10.7 Å². The molecular formula is C14H19Cl2N5O. The van der Waals surface area contributed by atoms with E-state index in [1.54, 1.807) is 12.1 Å². The zero-order valence-corrected chi connectivity index (χ0v) is 14.0. The second-order valence-electron chi connectivity index (χ2n) is 4.91. The van der Waals surface area contributed by atoms with Gasteiger partial charge in [-0.3, -0.25) is 15.1 Å². The Labute approximate surface area is 140 Å². The molecule has 1 aromatic heterocycles. The van der Waals surface area contributed by atoms with Crippen LogP contribution in [-0.4, -0.2) is 48.9 Å². The fourth-order valence-corrected chi connectivity index (χ4v) is 2.06. The summed E-state index contributed by atoms with van der Waals surface area (Å²) in [7, 11) is 3.89. The highest BCUT2D eigenvalue weighted by Crippen LogP contribution is 2.23. The number of hydrogen-bond acceptors (Lipinski definition) is 3. The third-order valence-electron chi connectivity index (χ3n) is 2.93. The van der Waals surface area contributed by atoms with E-state index < -0.39 is 0 Å². The monoisotopic (exact) mass is 343 g/mol. The first kappa shape index (κ1) is 18.3. The lowest BCUT2D eigenvalue weighted by Gasteiger charge is -2.07. The summed E-state index contributed by atoms with van der Waals surface area (Å²) >= 11 is 6.07. The van der Waals surface area contributed by atoms with E-state index in [4.69, 9.17) is 17.3 Å². The third kappa shape index (κ3) is 4.62. The average molecular weight is 344 g/mol. The first-order valence-electron chi connectivity index (χ1n) is 6.50. The molecular weight excluding hydrogens is 325 g/mol. The predicted molar refractivity (Wildman–Crippen MR) is 93.1 cm³/mol. The molecule has 0 bridgehead atoms. The molecule has 1 heterocycles. The van der Waals surface area contributed by atoms with Crippen molar-refractivity contribution in [2.75, 3.05) is 27.2 Å². The molecule has 2 aromatic rings. The molecule has 1 aromatic carbocycles. The Hall–Kier alpha value is -1.76. The fraction of sp³-hybridized carbons (Fsp3) is 0.286. The Morgan fingerprint density at radius 2 is 2.18 bits per heavy atom. The van der Waals surface area contributed by atoms with Gasteiger partial charge in [-0.2, -0.15) is 0 Å². The number of benzene rings is 1. The van der Waals surface area contributed by atoms with Crippen molar-refractivity contribution in [3.05, 3.63) is 35.0 Å². The number of nitrogens with two attached hydrogens (primary N) is 1. The topological polar surface area (TPSA) is 86.5 Å². The maximum Gasteiger partial charge on any atom is 0.274 e. The molecule has 0 aliphatic carbocycles. The van der Waals surface area contributed by atoms with Gasteiger partial charge in [-0.1, -0.05) is 17.7 Å². The van der Waals surface area contributed by atoms with Crippen molar-refractivity contribution in [3.63, 3.8) is 0 Å². The normalized spacial score (nSPS) is 11.5. The van der Waals surface area contributed by atoms with Crippen LogP contribution in [0, 0.1) is 0 Å². The molecule has 0 atom stereocenters. The molecule has 0 aliphatic heterocycles. The first-order chi connectivity index (χ1) is 9.97. The third-order valence-corrected chi connectivity index (χ3v) is 3.26. The fourth-order valence-electron chi connectivity index (χ4n) is 1.83. The van der Waals surface area contributed by atoms with Crippen LogP contribution in [0.15, 0.2) is 29.3 Å². The Kier molecular flexibility index (Phi) is 6.67. The number of rotatable bonds is 4. The number of nitrogens with zero attached hydrogens (tertiary/aromatic N) is 2. The molecule has 0 spiro atoms. The number of carbonyl (C=O) groups is 1. The smallest absolute Gasteiger partial charge is 0.274 e. The zero-order chi connectivity index (χ0) is 15.4. The molecule has 120 valence electrons. The highest BCUT2D eigenvalue weighted by Gasteiger charge is 2.11. The maximum atomic E-state index is 12.1. The highest BCUT2D eigenvalue weighted by atomic mass is 35.5. The van der Waals surface area contributed by atoms with E-state index >= 15 is 0 Å². The van der Waals surface area contributed by atoms with Gasteiger partial charge in [-0.25, -0.2) is 0 Å². The van der Waals surface area contributed by atoms with Gasteiger partial charge in [0, 0.05) is 22.5 Å². The van der Waals surface area contributed by atoms with E-state index in [1.165, 1.54) is 0 Å². The molecule has 0 radical (unpaired) electrons. The van der Waals surface area contributed by atoms with Crippen LogP contribution in [-0.2, 0) is 0 Å². The standard InChI is InChI=1S/C14H18ClN5O.ClH/c1-20(2)7-6-17-14(16)19-13(21)12-8-9-10(15)4-3-5-11(9)18-12;/h3-5,8,18H,6-7H2,1-2H3,(H3,16,17,19,21);1H. The van der Waals surface area contributed by atoms with E-state index in [9.17, 15) is 4.79 Å². The maximum absolute atomic E-state index is 12.1. The number of aromatic nitrogens is 1. The van der Waals surface area contributed by atoms with Crippen molar-refractivity contribution in [1.29, 1.82) is 0 Å². The number of likely N-dealkylation sites (N-methyl/N-ethyl adjacent to an activating group) is 1. The summed E-state index contributed by atoms with van der Waals surface area (Å²) in [5.74, 6) is -0.236. The van der Waals surface area contributed by atoms with Crippen molar-refractivity contribution in [2.45, 2.75) is 0 Å². The average Bonchev–Trinajstić information content (AvgIpc) is 2.83. The van der Waals surface area contributed by atoms with Gasteiger partial charge in [0.15, 0.2) is 5.96 Å². The van der Waals surface area contributed by atoms with Gasteiger partial charge in [-0.15, -0.1) is 12.4 Å². The van der Waals surface area contributed by atoms with Crippen molar-refractivity contribution >= 4 is 46.8 Å². The molecule has 8 heteroatoms. The highest BCUT2D eigenvalue weighted by molar-refractivity contribution is 6.35. The second kappa shape index (κ2) is 8.03. The number of H-pyrrole nitrogens is 1. The zero-order valence-electron chi connectivity index (χ0n) is 12.4. The minimum absolute atomic E-state index is 0. The quantitative estimate of drug-likeness (QED) is 0.584. The van der Waals surface area contributed by atoms with Crippen LogP contribution in [0.1, 0.15) is 10.5 Å². The minimum atomic E-state index is -0.339. The summed E-state index contributed by atoms with van der Waals surface area (Å²) < 4.78 is 0. The van der Waals surface area contributed by atoms with Gasteiger partial charge < -0.3 is 15.6 Å². The van der Waals surface area contributed by atoms with Crippen molar-refractivity contribution in [1.82, 2.24) is 15.2 Å². The van der Waals surface area contributed by atoms with Crippen LogP contribution >= 0.6 is 24.0 Å². The Morgan fingerprint density at radius 1 is 1.45 bits per heavy atom. The van der Waals surface area contributed by atoms with Crippen molar-refractivity contribution in [3.8, 4) is 0 Å². The largest absolute Gasteiger partial charge is 0.370 e.